The molecule has 0 amide bonds. The minimum absolute atomic E-state index is 0.304. The maximum absolute atomic E-state index is 14.7. The molecular weight excluding hydrogens is 387 g/mol. The van der Waals surface area contributed by atoms with Crippen molar-refractivity contribution < 1.29 is 4.39 Å². The second-order valence-corrected chi connectivity index (χ2v) is 7.62. The van der Waals surface area contributed by atoms with Gasteiger partial charge in [-0.2, -0.15) is 0 Å². The molecule has 3 aromatic heterocycles. The third-order valence-electron chi connectivity index (χ3n) is 5.41. The van der Waals surface area contributed by atoms with E-state index >= 15 is 0 Å². The average molecular weight is 408 g/mol. The summed E-state index contributed by atoms with van der Waals surface area (Å²) in [4.78, 5) is 13.5. The number of fused-ring (bicyclic) bond motifs is 1. The van der Waals surface area contributed by atoms with Crippen molar-refractivity contribution in [1.29, 1.82) is 0 Å². The molecule has 31 heavy (non-hydrogen) atoms. The van der Waals surface area contributed by atoms with Crippen molar-refractivity contribution in [2.45, 2.75) is 19.8 Å². The van der Waals surface area contributed by atoms with Gasteiger partial charge in [-0.3, -0.25) is 14.4 Å². The van der Waals surface area contributed by atoms with E-state index in [9.17, 15) is 4.39 Å². The number of aromatic nitrogens is 4. The number of hydrogen-bond donors (Lipinski definition) is 0. The Morgan fingerprint density at radius 3 is 2.48 bits per heavy atom. The molecule has 3 heterocycles. The van der Waals surface area contributed by atoms with E-state index in [-0.39, 0.29) is 5.82 Å². The van der Waals surface area contributed by atoms with E-state index in [1.54, 1.807) is 18.5 Å². The van der Waals surface area contributed by atoms with E-state index in [1.807, 2.05) is 61.8 Å². The van der Waals surface area contributed by atoms with Crippen LogP contribution in [0.25, 0.3) is 28.2 Å². The largest absolute Gasteiger partial charge is 0.297 e. The van der Waals surface area contributed by atoms with E-state index in [0.717, 1.165) is 39.3 Å². The van der Waals surface area contributed by atoms with Gasteiger partial charge in [-0.1, -0.05) is 54.1 Å². The lowest BCUT2D eigenvalue weighted by molar-refractivity contribution is 0.622. The van der Waals surface area contributed by atoms with Crippen LogP contribution >= 0.6 is 0 Å². The summed E-state index contributed by atoms with van der Waals surface area (Å²) in [6.45, 7) is 1.99. The molecule has 0 saturated heterocycles. The van der Waals surface area contributed by atoms with Crippen LogP contribution in [0.2, 0.25) is 0 Å². The molecule has 0 fully saturated rings. The molecule has 0 atom stereocenters. The van der Waals surface area contributed by atoms with Gasteiger partial charge in [0.2, 0.25) is 0 Å². The van der Waals surface area contributed by atoms with Crippen molar-refractivity contribution in [1.82, 2.24) is 19.4 Å². The first-order chi connectivity index (χ1) is 15.2. The Kier molecular flexibility index (Phi) is 5.00. The standard InChI is InChI=1S/C26H21FN4/c1-18-6-5-9-21(14-18)25-22(27)15-19(16-29-25)10-11-23-26-30-17-24(31(26)13-12-28-23)20-7-3-2-4-8-20/h2-9,12-17H,10-11H2,1H3. The molecule has 0 spiro atoms. The topological polar surface area (TPSA) is 43.1 Å². The molecule has 0 N–H and O–H groups in total. The van der Waals surface area contributed by atoms with Gasteiger partial charge in [-0.15, -0.1) is 0 Å². The van der Waals surface area contributed by atoms with Crippen molar-refractivity contribution in [3.8, 4) is 22.5 Å². The molecule has 5 aromatic rings. The highest BCUT2D eigenvalue weighted by atomic mass is 19.1. The molecule has 0 unspecified atom stereocenters. The van der Waals surface area contributed by atoms with Crippen molar-refractivity contribution in [3.05, 3.63) is 108 Å². The third-order valence-corrected chi connectivity index (χ3v) is 5.41. The van der Waals surface area contributed by atoms with Crippen molar-refractivity contribution in [2.24, 2.45) is 0 Å². The van der Waals surface area contributed by atoms with Crippen LogP contribution in [0, 0.1) is 12.7 Å². The second-order valence-electron chi connectivity index (χ2n) is 7.62. The molecule has 152 valence electrons. The Hall–Kier alpha value is -3.86. The van der Waals surface area contributed by atoms with Crippen LogP contribution < -0.4 is 0 Å². The van der Waals surface area contributed by atoms with Crippen LogP contribution in [0.15, 0.2) is 85.5 Å². The summed E-state index contributed by atoms with van der Waals surface area (Å²) >= 11 is 0. The van der Waals surface area contributed by atoms with Crippen molar-refractivity contribution >= 4 is 5.65 Å². The van der Waals surface area contributed by atoms with Gasteiger partial charge < -0.3 is 0 Å². The minimum Gasteiger partial charge on any atom is -0.297 e. The summed E-state index contributed by atoms with van der Waals surface area (Å²) in [5.74, 6) is -0.304. The lowest BCUT2D eigenvalue weighted by Gasteiger charge is -2.08. The number of benzene rings is 2. The van der Waals surface area contributed by atoms with Crippen LogP contribution in [0.5, 0.6) is 0 Å². The summed E-state index contributed by atoms with van der Waals surface area (Å²) in [6, 6.07) is 19.5. The molecule has 0 aliphatic heterocycles. The Morgan fingerprint density at radius 1 is 0.839 bits per heavy atom. The lowest BCUT2D eigenvalue weighted by atomic mass is 10.1. The third kappa shape index (κ3) is 3.82. The normalized spacial score (nSPS) is 11.2. The highest BCUT2D eigenvalue weighted by Crippen LogP contribution is 2.24. The van der Waals surface area contributed by atoms with E-state index in [1.165, 1.54) is 0 Å². The molecule has 0 aliphatic carbocycles. The molecule has 0 bridgehead atoms. The molecule has 5 heteroatoms. The Balaban J connectivity index is 1.39. The SMILES string of the molecule is Cc1cccc(-c2ncc(CCc3nccn4c(-c5ccccc5)cnc34)cc2F)c1. The highest BCUT2D eigenvalue weighted by Gasteiger charge is 2.12. The number of rotatable bonds is 5. The number of imidazole rings is 1. The van der Waals surface area contributed by atoms with Crippen LogP contribution in [0.3, 0.4) is 0 Å². The highest BCUT2D eigenvalue weighted by molar-refractivity contribution is 5.64. The predicted molar refractivity (Wildman–Crippen MR) is 120 cm³/mol. The lowest BCUT2D eigenvalue weighted by Crippen LogP contribution is -2.01. The van der Waals surface area contributed by atoms with Gasteiger partial charge in [0.05, 0.1) is 17.6 Å². The fourth-order valence-electron chi connectivity index (χ4n) is 3.85. The van der Waals surface area contributed by atoms with Crippen LogP contribution in [-0.4, -0.2) is 19.4 Å². The molecule has 0 aliphatic rings. The Bertz CT molecular complexity index is 1360. The molecule has 4 nitrogen and oxygen atoms in total. The second kappa shape index (κ2) is 8.11. The van der Waals surface area contributed by atoms with Gasteiger partial charge in [0, 0.05) is 29.7 Å². The van der Waals surface area contributed by atoms with Crippen LogP contribution in [-0.2, 0) is 12.8 Å². The smallest absolute Gasteiger partial charge is 0.159 e. The van der Waals surface area contributed by atoms with Crippen LogP contribution in [0.1, 0.15) is 16.8 Å². The Labute approximate surface area is 180 Å². The predicted octanol–water partition coefficient (Wildman–Crippen LogP) is 5.69. The summed E-state index contributed by atoms with van der Waals surface area (Å²) < 4.78 is 16.8. The zero-order chi connectivity index (χ0) is 21.2. The first kappa shape index (κ1) is 19.1. The zero-order valence-corrected chi connectivity index (χ0v) is 17.2. The maximum Gasteiger partial charge on any atom is 0.159 e. The maximum atomic E-state index is 14.7. The van der Waals surface area contributed by atoms with Gasteiger partial charge in [-0.05, 0) is 37.5 Å². The van der Waals surface area contributed by atoms with E-state index in [4.69, 9.17) is 0 Å². The zero-order valence-electron chi connectivity index (χ0n) is 17.2. The summed E-state index contributed by atoms with van der Waals surface area (Å²) in [7, 11) is 0. The van der Waals surface area contributed by atoms with Gasteiger partial charge in [0.1, 0.15) is 11.5 Å². The first-order valence-electron chi connectivity index (χ1n) is 10.3. The quantitative estimate of drug-likeness (QED) is 0.375. The molecule has 0 radical (unpaired) electrons. The van der Waals surface area contributed by atoms with Gasteiger partial charge in [-0.25, -0.2) is 9.37 Å². The van der Waals surface area contributed by atoms with Crippen molar-refractivity contribution in [2.75, 3.05) is 0 Å². The van der Waals surface area contributed by atoms with E-state index < -0.39 is 0 Å². The first-order valence-corrected chi connectivity index (χ1v) is 10.3. The molecule has 2 aromatic carbocycles. The Morgan fingerprint density at radius 2 is 1.68 bits per heavy atom. The number of hydrogen-bond acceptors (Lipinski definition) is 3. The van der Waals surface area contributed by atoms with E-state index in [2.05, 4.69) is 31.5 Å². The molecule has 5 rings (SSSR count). The van der Waals surface area contributed by atoms with Gasteiger partial charge in [0.25, 0.3) is 0 Å². The van der Waals surface area contributed by atoms with Crippen molar-refractivity contribution in [3.63, 3.8) is 0 Å². The number of halogens is 1. The number of nitrogens with zero attached hydrogens (tertiary/aromatic N) is 4. The summed E-state index contributed by atoms with van der Waals surface area (Å²) in [5, 5.41) is 0. The number of aryl methyl sites for hydroxylation is 3. The fraction of sp³-hybridized carbons (Fsp3) is 0.115. The minimum atomic E-state index is -0.304. The van der Waals surface area contributed by atoms with Gasteiger partial charge in [0.15, 0.2) is 5.65 Å². The molecular formula is C26H21FN4. The summed E-state index contributed by atoms with van der Waals surface area (Å²) in [5.41, 5.74) is 6.93. The van der Waals surface area contributed by atoms with Crippen LogP contribution in [0.4, 0.5) is 4.39 Å². The molecule has 0 saturated carbocycles. The van der Waals surface area contributed by atoms with Gasteiger partial charge >= 0.3 is 0 Å². The average Bonchev–Trinajstić information content (AvgIpc) is 3.23. The number of pyridine rings is 1. The monoisotopic (exact) mass is 408 g/mol. The van der Waals surface area contributed by atoms with E-state index in [0.29, 0.717) is 18.5 Å². The summed E-state index contributed by atoms with van der Waals surface area (Å²) in [6.07, 6.45) is 8.62. The fourth-order valence-corrected chi connectivity index (χ4v) is 3.85.